The van der Waals surface area contributed by atoms with Gasteiger partial charge in [-0.2, -0.15) is 0 Å². The molecule has 0 radical (unpaired) electrons. The highest BCUT2D eigenvalue weighted by Gasteiger charge is 2.25. The molecule has 4 heterocycles. The zero-order chi connectivity index (χ0) is 32.9. The lowest BCUT2D eigenvalue weighted by atomic mass is 10.1. The summed E-state index contributed by atoms with van der Waals surface area (Å²) in [6, 6.07) is 26.2. The van der Waals surface area contributed by atoms with Gasteiger partial charge < -0.3 is 20.6 Å². The molecule has 9 heteroatoms. The third-order valence-electron chi connectivity index (χ3n) is 9.12. The first-order valence-corrected chi connectivity index (χ1v) is 16.7. The van der Waals surface area contributed by atoms with Gasteiger partial charge in [-0.25, -0.2) is 15.0 Å². The minimum absolute atomic E-state index is 0.0118. The van der Waals surface area contributed by atoms with Crippen LogP contribution in [0.1, 0.15) is 66.2 Å². The molecule has 1 amide bonds. The molecule has 9 nitrogen and oxygen atoms in total. The van der Waals surface area contributed by atoms with Crippen LogP contribution >= 0.6 is 0 Å². The molecule has 3 aromatic heterocycles. The first-order valence-electron chi connectivity index (χ1n) is 16.7. The Bertz CT molecular complexity index is 2100. The van der Waals surface area contributed by atoms with Gasteiger partial charge in [0.2, 0.25) is 5.91 Å². The average molecular weight is 637 g/mol. The number of nitrogens with one attached hydrogen (secondary N) is 4. The molecular formula is C39H40N8O. The molecule has 1 saturated heterocycles. The van der Waals surface area contributed by atoms with Crippen LogP contribution in [0.3, 0.4) is 0 Å². The van der Waals surface area contributed by atoms with Crippen molar-refractivity contribution in [2.45, 2.75) is 44.2 Å². The smallest absolute Gasteiger partial charge is 0.241 e. The second-order valence-corrected chi connectivity index (χ2v) is 12.5. The van der Waals surface area contributed by atoms with Crippen LogP contribution in [0.25, 0.3) is 33.2 Å². The van der Waals surface area contributed by atoms with E-state index in [0.717, 1.165) is 93.9 Å². The lowest BCUT2D eigenvalue weighted by molar-refractivity contribution is -0.123. The Morgan fingerprint density at radius 1 is 0.979 bits per heavy atom. The Morgan fingerprint density at radius 3 is 2.69 bits per heavy atom. The number of nitrogens with zero attached hydrogens (tertiary/aromatic N) is 4. The number of hydrogen-bond acceptors (Lipinski definition) is 6. The van der Waals surface area contributed by atoms with Gasteiger partial charge in [-0.05, 0) is 100 Å². The zero-order valence-electron chi connectivity index (χ0n) is 27.4. The van der Waals surface area contributed by atoms with E-state index in [2.05, 4.69) is 73.6 Å². The summed E-state index contributed by atoms with van der Waals surface area (Å²) >= 11 is 0. The van der Waals surface area contributed by atoms with E-state index in [9.17, 15) is 4.79 Å². The molecule has 4 N–H and O–H groups in total. The Morgan fingerprint density at radius 2 is 1.85 bits per heavy atom. The minimum atomic E-state index is -0.350. The second kappa shape index (κ2) is 14.2. The monoisotopic (exact) mass is 636 g/mol. The highest BCUT2D eigenvalue weighted by Crippen LogP contribution is 2.30. The van der Waals surface area contributed by atoms with Crippen molar-refractivity contribution in [1.82, 2.24) is 40.5 Å². The molecule has 0 bridgehead atoms. The fourth-order valence-electron chi connectivity index (χ4n) is 6.48. The van der Waals surface area contributed by atoms with Crippen LogP contribution in [-0.2, 0) is 11.2 Å². The van der Waals surface area contributed by atoms with E-state index in [1.807, 2.05) is 60.8 Å². The number of likely N-dealkylation sites (tertiary alicyclic amines) is 1. The van der Waals surface area contributed by atoms with Gasteiger partial charge in [0.05, 0.1) is 34.5 Å². The van der Waals surface area contributed by atoms with Crippen molar-refractivity contribution in [1.29, 1.82) is 0 Å². The number of aromatic amines is 2. The summed E-state index contributed by atoms with van der Waals surface area (Å²) in [5.74, 6) is 8.49. The Balaban J connectivity index is 0.937. The van der Waals surface area contributed by atoms with Gasteiger partial charge in [0.15, 0.2) is 0 Å². The number of aromatic nitrogens is 5. The summed E-state index contributed by atoms with van der Waals surface area (Å²) in [6.07, 6.45) is 6.83. The molecule has 1 fully saturated rings. The maximum absolute atomic E-state index is 12.6. The number of aryl methyl sites for hydroxylation is 1. The summed E-state index contributed by atoms with van der Waals surface area (Å²) in [6.45, 7) is 1.74. The molecule has 2 unspecified atom stereocenters. The van der Waals surface area contributed by atoms with Crippen LogP contribution < -0.4 is 10.6 Å². The summed E-state index contributed by atoms with van der Waals surface area (Å²) in [7, 11) is 3.97. The number of carbonyl (C=O) groups is 1. The summed E-state index contributed by atoms with van der Waals surface area (Å²) < 4.78 is 0. The normalized spacial score (nSPS) is 15.4. The van der Waals surface area contributed by atoms with Crippen molar-refractivity contribution in [3.63, 3.8) is 0 Å². The van der Waals surface area contributed by atoms with Gasteiger partial charge in [0.1, 0.15) is 23.4 Å². The Kier molecular flexibility index (Phi) is 9.27. The summed E-state index contributed by atoms with van der Waals surface area (Å²) in [5, 5.41) is 7.20. The highest BCUT2D eigenvalue weighted by molar-refractivity contribution is 5.84. The first kappa shape index (κ1) is 31.3. The number of H-pyrrole nitrogens is 2. The van der Waals surface area contributed by atoms with Crippen LogP contribution in [0.4, 0.5) is 0 Å². The van der Waals surface area contributed by atoms with Gasteiger partial charge in [-0.15, -0.1) is 0 Å². The molecule has 48 heavy (non-hydrogen) atoms. The maximum atomic E-state index is 12.6. The summed E-state index contributed by atoms with van der Waals surface area (Å²) in [4.78, 5) is 36.2. The zero-order valence-corrected chi connectivity index (χ0v) is 27.4. The van der Waals surface area contributed by atoms with E-state index in [4.69, 9.17) is 9.97 Å². The van der Waals surface area contributed by atoms with E-state index in [1.54, 1.807) is 7.05 Å². The van der Waals surface area contributed by atoms with E-state index in [1.165, 1.54) is 6.42 Å². The standard InChI is InChI=1S/C39H40N8O/c1-40-37(27-9-4-3-5-10-27)39(48)41-21-7-6-12-36-42-25-34(44-36)29-16-20-31-28(24-29)15-18-30(43-31)17-13-26-14-19-32-33(23-26)46-38(45-32)35-11-8-22-47(35)2/h3-5,9-10,14-16,18-20,23-25,35,37,40H,6-8,11-12,21-22H2,1-2H3,(H,41,48)(H,42,44)(H,45,46). The highest BCUT2D eigenvalue weighted by atomic mass is 16.2. The first-order chi connectivity index (χ1) is 23.5. The van der Waals surface area contributed by atoms with E-state index in [-0.39, 0.29) is 11.9 Å². The summed E-state index contributed by atoms with van der Waals surface area (Å²) in [5.41, 5.74) is 7.54. The van der Waals surface area contributed by atoms with Crippen LogP contribution in [0, 0.1) is 11.8 Å². The lowest BCUT2D eigenvalue weighted by Crippen LogP contribution is -2.36. The van der Waals surface area contributed by atoms with Crippen molar-refractivity contribution >= 4 is 27.8 Å². The lowest BCUT2D eigenvalue weighted by Gasteiger charge is -2.16. The molecule has 7 rings (SSSR count). The number of imidazole rings is 2. The average Bonchev–Trinajstić information content (AvgIpc) is 3.87. The number of carbonyl (C=O) groups excluding carboxylic acids is 1. The van der Waals surface area contributed by atoms with Gasteiger partial charge in [0, 0.05) is 29.5 Å². The largest absolute Gasteiger partial charge is 0.354 e. The van der Waals surface area contributed by atoms with Gasteiger partial charge >= 0.3 is 0 Å². The van der Waals surface area contributed by atoms with Crippen LogP contribution in [0.15, 0.2) is 85.1 Å². The van der Waals surface area contributed by atoms with Gasteiger partial charge in [-0.3, -0.25) is 9.69 Å². The van der Waals surface area contributed by atoms with E-state index < -0.39 is 0 Å². The molecule has 6 aromatic rings. The Hall–Kier alpha value is -5.30. The number of amides is 1. The number of pyridine rings is 1. The SMILES string of the molecule is CNC(C(=O)NCCCCc1ncc(-c2ccc3nc(C#Cc4ccc5nc(C6CCCN6C)[nH]c5c4)ccc3c2)[nH]1)c1ccccc1. The third kappa shape index (κ3) is 7.00. The minimum Gasteiger partial charge on any atom is -0.354 e. The Labute approximate surface area is 280 Å². The molecule has 0 aliphatic carbocycles. The molecule has 242 valence electrons. The molecule has 2 atom stereocenters. The van der Waals surface area contributed by atoms with Crippen molar-refractivity contribution < 1.29 is 4.79 Å². The maximum Gasteiger partial charge on any atom is 0.241 e. The number of rotatable bonds is 10. The number of likely N-dealkylation sites (N-methyl/N-ethyl adjacent to an activating group) is 1. The predicted octanol–water partition coefficient (Wildman–Crippen LogP) is 6.07. The molecule has 0 saturated carbocycles. The number of benzene rings is 3. The van der Waals surface area contributed by atoms with E-state index >= 15 is 0 Å². The fourth-order valence-corrected chi connectivity index (χ4v) is 6.48. The van der Waals surface area contributed by atoms with Crippen molar-refractivity contribution in [2.75, 3.05) is 27.2 Å². The predicted molar refractivity (Wildman–Crippen MR) is 190 cm³/mol. The van der Waals surface area contributed by atoms with Crippen molar-refractivity contribution in [3.05, 3.63) is 114 Å². The number of fused-ring (bicyclic) bond motifs is 2. The molecular weight excluding hydrogens is 596 g/mol. The molecule has 1 aliphatic heterocycles. The molecule has 0 spiro atoms. The van der Waals surface area contributed by atoms with E-state index in [0.29, 0.717) is 12.6 Å². The quantitative estimate of drug-likeness (QED) is 0.107. The van der Waals surface area contributed by atoms with Crippen LogP contribution in [0.5, 0.6) is 0 Å². The topological polar surface area (TPSA) is 115 Å². The van der Waals surface area contributed by atoms with Crippen LogP contribution in [-0.4, -0.2) is 62.9 Å². The van der Waals surface area contributed by atoms with Crippen molar-refractivity contribution in [3.8, 4) is 23.1 Å². The number of hydrogen-bond donors (Lipinski definition) is 4. The fraction of sp³-hybridized carbons (Fsp3) is 0.282. The number of unbranched alkanes of at least 4 members (excludes halogenated alkanes) is 1. The second-order valence-electron chi connectivity index (χ2n) is 12.5. The van der Waals surface area contributed by atoms with Gasteiger partial charge in [0.25, 0.3) is 0 Å². The van der Waals surface area contributed by atoms with Gasteiger partial charge in [-0.1, -0.05) is 42.3 Å². The molecule has 1 aliphatic rings. The van der Waals surface area contributed by atoms with Crippen LogP contribution in [0.2, 0.25) is 0 Å². The third-order valence-corrected chi connectivity index (χ3v) is 9.12. The molecule has 3 aromatic carbocycles. The van der Waals surface area contributed by atoms with Crippen molar-refractivity contribution in [2.24, 2.45) is 0 Å².